The number of nitrogens with two attached hydrogens (primary N) is 1. The molecule has 0 radical (unpaired) electrons. The van der Waals surface area contributed by atoms with Crippen LogP contribution in [-0.2, 0) is 5.41 Å². The number of hydrogen-bond acceptors (Lipinski definition) is 3. The van der Waals surface area contributed by atoms with Gasteiger partial charge in [-0.15, -0.1) is 0 Å². The van der Waals surface area contributed by atoms with E-state index in [2.05, 4.69) is 50.0 Å². The molecule has 100 valence electrons. The van der Waals surface area contributed by atoms with Crippen LogP contribution in [0.3, 0.4) is 0 Å². The largest absolute Gasteiger partial charge is 0.329 e. The lowest BCUT2D eigenvalue weighted by atomic mass is 9.92. The van der Waals surface area contributed by atoms with Gasteiger partial charge in [-0.1, -0.05) is 37.6 Å². The Hall–Kier alpha value is -1.74. The molecule has 19 heavy (non-hydrogen) atoms. The third-order valence-electron chi connectivity index (χ3n) is 3.28. The molecule has 0 bridgehead atoms. The maximum Gasteiger partial charge on any atom is 0.136 e. The number of nitrogens with zero attached hydrogens (tertiary/aromatic N) is 2. The van der Waals surface area contributed by atoms with Crippen molar-refractivity contribution < 1.29 is 0 Å². The van der Waals surface area contributed by atoms with Crippen molar-refractivity contribution in [2.75, 3.05) is 6.54 Å². The summed E-state index contributed by atoms with van der Waals surface area (Å²) in [7, 11) is 0. The minimum absolute atomic E-state index is 0.204. The molecule has 0 saturated carbocycles. The van der Waals surface area contributed by atoms with Crippen LogP contribution in [0, 0.1) is 13.8 Å². The minimum Gasteiger partial charge on any atom is -0.329 e. The summed E-state index contributed by atoms with van der Waals surface area (Å²) in [6.07, 6.45) is 0. The number of aryl methyl sites for hydroxylation is 2. The monoisotopic (exact) mass is 255 g/mol. The van der Waals surface area contributed by atoms with E-state index in [1.807, 2.05) is 13.0 Å². The van der Waals surface area contributed by atoms with Gasteiger partial charge in [0.15, 0.2) is 0 Å². The lowest BCUT2D eigenvalue weighted by Gasteiger charge is -2.21. The minimum atomic E-state index is -0.204. The standard InChI is InChI=1S/C16H21N3/c1-11-6-5-7-13(8-11)14-9-12(2)18-15(19-14)16(3,4)10-17/h5-9H,10,17H2,1-4H3. The second-order valence-corrected chi connectivity index (χ2v) is 5.68. The van der Waals surface area contributed by atoms with E-state index < -0.39 is 0 Å². The second-order valence-electron chi connectivity index (χ2n) is 5.68. The average Bonchev–Trinajstić information content (AvgIpc) is 2.38. The number of hydrogen-bond donors (Lipinski definition) is 1. The number of aromatic nitrogens is 2. The van der Waals surface area contributed by atoms with Crippen LogP contribution in [0.5, 0.6) is 0 Å². The Balaban J connectivity index is 2.54. The molecule has 1 aromatic carbocycles. The molecule has 0 atom stereocenters. The third-order valence-corrected chi connectivity index (χ3v) is 3.28. The van der Waals surface area contributed by atoms with E-state index in [1.54, 1.807) is 0 Å². The van der Waals surface area contributed by atoms with Crippen molar-refractivity contribution >= 4 is 0 Å². The Bertz CT molecular complexity index is 588. The van der Waals surface area contributed by atoms with Crippen LogP contribution in [0.25, 0.3) is 11.3 Å². The molecule has 0 unspecified atom stereocenters. The first-order valence-electron chi connectivity index (χ1n) is 6.55. The van der Waals surface area contributed by atoms with Crippen LogP contribution >= 0.6 is 0 Å². The molecular formula is C16H21N3. The fourth-order valence-electron chi connectivity index (χ4n) is 1.91. The Morgan fingerprint density at radius 3 is 2.47 bits per heavy atom. The van der Waals surface area contributed by atoms with E-state index in [4.69, 9.17) is 10.7 Å². The van der Waals surface area contributed by atoms with Crippen LogP contribution in [0.15, 0.2) is 30.3 Å². The summed E-state index contributed by atoms with van der Waals surface area (Å²) in [4.78, 5) is 9.23. The van der Waals surface area contributed by atoms with E-state index in [0.29, 0.717) is 6.54 Å². The smallest absolute Gasteiger partial charge is 0.136 e. The molecule has 2 aromatic rings. The Morgan fingerprint density at radius 2 is 1.84 bits per heavy atom. The van der Waals surface area contributed by atoms with Crippen molar-refractivity contribution in [3.05, 3.63) is 47.4 Å². The highest BCUT2D eigenvalue weighted by molar-refractivity contribution is 5.60. The molecule has 2 rings (SSSR count). The molecule has 0 aliphatic heterocycles. The van der Waals surface area contributed by atoms with Crippen LogP contribution in [0.4, 0.5) is 0 Å². The van der Waals surface area contributed by atoms with Gasteiger partial charge in [-0.3, -0.25) is 0 Å². The van der Waals surface area contributed by atoms with Crippen molar-refractivity contribution in [2.24, 2.45) is 5.73 Å². The molecule has 1 heterocycles. The van der Waals surface area contributed by atoms with Crippen molar-refractivity contribution in [1.82, 2.24) is 9.97 Å². The van der Waals surface area contributed by atoms with Crippen molar-refractivity contribution in [2.45, 2.75) is 33.1 Å². The van der Waals surface area contributed by atoms with Gasteiger partial charge in [0, 0.05) is 23.2 Å². The average molecular weight is 255 g/mol. The van der Waals surface area contributed by atoms with Gasteiger partial charge >= 0.3 is 0 Å². The zero-order chi connectivity index (χ0) is 14.0. The molecule has 0 amide bonds. The molecule has 0 fully saturated rings. The van der Waals surface area contributed by atoms with E-state index >= 15 is 0 Å². The fraction of sp³-hybridized carbons (Fsp3) is 0.375. The molecule has 2 N–H and O–H groups in total. The first-order valence-corrected chi connectivity index (χ1v) is 6.55. The maximum absolute atomic E-state index is 5.82. The summed E-state index contributed by atoms with van der Waals surface area (Å²) in [5.41, 5.74) is 9.91. The van der Waals surface area contributed by atoms with Crippen LogP contribution in [-0.4, -0.2) is 16.5 Å². The summed E-state index contributed by atoms with van der Waals surface area (Å²) in [5.74, 6) is 0.812. The fourth-order valence-corrected chi connectivity index (χ4v) is 1.91. The van der Waals surface area contributed by atoms with E-state index in [9.17, 15) is 0 Å². The van der Waals surface area contributed by atoms with Gasteiger partial charge in [-0.25, -0.2) is 9.97 Å². The van der Waals surface area contributed by atoms with Crippen molar-refractivity contribution in [1.29, 1.82) is 0 Å². The maximum atomic E-state index is 5.82. The highest BCUT2D eigenvalue weighted by Crippen LogP contribution is 2.24. The van der Waals surface area contributed by atoms with E-state index in [-0.39, 0.29) is 5.41 Å². The zero-order valence-corrected chi connectivity index (χ0v) is 12.1. The molecule has 0 aliphatic rings. The molecule has 0 aliphatic carbocycles. The Kier molecular flexibility index (Phi) is 3.67. The summed E-state index contributed by atoms with van der Waals surface area (Å²) >= 11 is 0. The summed E-state index contributed by atoms with van der Waals surface area (Å²) < 4.78 is 0. The van der Waals surface area contributed by atoms with Crippen LogP contribution in [0.2, 0.25) is 0 Å². The van der Waals surface area contributed by atoms with Gasteiger partial charge in [0.05, 0.1) is 5.69 Å². The van der Waals surface area contributed by atoms with Gasteiger partial charge in [-0.2, -0.15) is 0 Å². The molecule has 3 nitrogen and oxygen atoms in total. The van der Waals surface area contributed by atoms with E-state index in [1.165, 1.54) is 5.56 Å². The van der Waals surface area contributed by atoms with Crippen molar-refractivity contribution in [3.63, 3.8) is 0 Å². The molecule has 0 saturated heterocycles. The SMILES string of the molecule is Cc1cccc(-c2cc(C)nc(C(C)(C)CN)n2)c1. The van der Waals surface area contributed by atoms with Crippen LogP contribution < -0.4 is 5.73 Å². The molecule has 3 heteroatoms. The van der Waals surface area contributed by atoms with E-state index in [0.717, 1.165) is 22.8 Å². The van der Waals surface area contributed by atoms with Gasteiger partial charge in [-0.05, 0) is 26.0 Å². The summed E-state index contributed by atoms with van der Waals surface area (Å²) in [5, 5.41) is 0. The molecule has 0 spiro atoms. The molecular weight excluding hydrogens is 234 g/mol. The predicted octanol–water partition coefficient (Wildman–Crippen LogP) is 3.00. The Morgan fingerprint density at radius 1 is 1.11 bits per heavy atom. The Labute approximate surface area is 114 Å². The first-order chi connectivity index (χ1) is 8.92. The van der Waals surface area contributed by atoms with Gasteiger partial charge in [0.2, 0.25) is 0 Å². The number of benzene rings is 1. The molecule has 1 aromatic heterocycles. The predicted molar refractivity (Wildman–Crippen MR) is 79.0 cm³/mol. The zero-order valence-electron chi connectivity index (χ0n) is 12.1. The topological polar surface area (TPSA) is 51.8 Å². The second kappa shape index (κ2) is 5.10. The summed E-state index contributed by atoms with van der Waals surface area (Å²) in [6.45, 7) is 8.76. The normalized spacial score (nSPS) is 11.6. The third kappa shape index (κ3) is 2.99. The van der Waals surface area contributed by atoms with Gasteiger partial charge in [0.1, 0.15) is 5.82 Å². The quantitative estimate of drug-likeness (QED) is 0.917. The lowest BCUT2D eigenvalue weighted by Crippen LogP contribution is -2.30. The van der Waals surface area contributed by atoms with Crippen LogP contribution in [0.1, 0.15) is 30.9 Å². The summed E-state index contributed by atoms with van der Waals surface area (Å²) in [6, 6.07) is 10.4. The highest BCUT2D eigenvalue weighted by atomic mass is 14.9. The van der Waals surface area contributed by atoms with Crippen molar-refractivity contribution in [3.8, 4) is 11.3 Å². The number of rotatable bonds is 3. The highest BCUT2D eigenvalue weighted by Gasteiger charge is 2.23. The lowest BCUT2D eigenvalue weighted by molar-refractivity contribution is 0.501. The first kappa shape index (κ1) is 13.7. The van der Waals surface area contributed by atoms with Gasteiger partial charge in [0.25, 0.3) is 0 Å². The van der Waals surface area contributed by atoms with Gasteiger partial charge < -0.3 is 5.73 Å².